The van der Waals surface area contributed by atoms with Crippen molar-refractivity contribution in [3.63, 3.8) is 0 Å². The maximum atomic E-state index is 13.0. The molecule has 0 aliphatic rings. The number of hydrogen-bond donors (Lipinski definition) is 0. The second-order valence-corrected chi connectivity index (χ2v) is 4.88. The molecule has 100 valence electrons. The summed E-state index contributed by atoms with van der Waals surface area (Å²) in [6.07, 6.45) is 0. The van der Waals surface area contributed by atoms with E-state index in [0.29, 0.717) is 5.15 Å². The summed E-state index contributed by atoms with van der Waals surface area (Å²) in [6.45, 7) is 1.93. The Morgan fingerprint density at radius 2 is 1.65 bits per heavy atom. The van der Waals surface area contributed by atoms with Gasteiger partial charge in [-0.3, -0.25) is 0 Å². The van der Waals surface area contributed by atoms with Gasteiger partial charge in [-0.05, 0) is 31.2 Å². The highest BCUT2D eigenvalue weighted by Crippen LogP contribution is 2.29. The number of aromatic nitrogens is 2. The quantitative estimate of drug-likeness (QED) is 0.671. The highest BCUT2D eigenvalue weighted by atomic mass is 35.5. The molecule has 4 heteroatoms. The van der Waals surface area contributed by atoms with Gasteiger partial charge in [0, 0.05) is 11.1 Å². The Hall–Kier alpha value is -2.13. The molecule has 2 nitrogen and oxygen atoms in total. The normalized spacial score (nSPS) is 10.8. The van der Waals surface area contributed by atoms with E-state index in [0.717, 1.165) is 22.5 Å². The number of nitrogens with zero attached hydrogens (tertiary/aromatic N) is 2. The summed E-state index contributed by atoms with van der Waals surface area (Å²) in [7, 11) is 0. The van der Waals surface area contributed by atoms with E-state index in [-0.39, 0.29) is 5.82 Å². The van der Waals surface area contributed by atoms with Crippen LogP contribution in [0.25, 0.3) is 16.9 Å². The van der Waals surface area contributed by atoms with Crippen LogP contribution in [-0.4, -0.2) is 9.78 Å². The van der Waals surface area contributed by atoms with Crippen LogP contribution in [0, 0.1) is 12.7 Å². The minimum absolute atomic E-state index is 0.281. The maximum absolute atomic E-state index is 13.0. The first kappa shape index (κ1) is 12.9. The van der Waals surface area contributed by atoms with E-state index in [1.165, 1.54) is 12.1 Å². The minimum Gasteiger partial charge on any atom is -0.221 e. The average molecular weight is 287 g/mol. The molecule has 1 aromatic heterocycles. The van der Waals surface area contributed by atoms with Gasteiger partial charge >= 0.3 is 0 Å². The molecule has 20 heavy (non-hydrogen) atoms. The van der Waals surface area contributed by atoms with Crippen LogP contribution in [0.3, 0.4) is 0 Å². The Labute approximate surface area is 121 Å². The zero-order chi connectivity index (χ0) is 14.1. The van der Waals surface area contributed by atoms with Crippen molar-refractivity contribution in [3.05, 3.63) is 71.1 Å². The first-order valence-corrected chi connectivity index (χ1v) is 6.61. The third-order valence-corrected chi connectivity index (χ3v) is 3.61. The minimum atomic E-state index is -0.281. The number of halogens is 2. The van der Waals surface area contributed by atoms with E-state index >= 15 is 0 Å². The Balaban J connectivity index is 2.13. The molecule has 0 saturated carbocycles. The van der Waals surface area contributed by atoms with Gasteiger partial charge in [0.25, 0.3) is 0 Å². The van der Waals surface area contributed by atoms with Gasteiger partial charge < -0.3 is 0 Å². The molecule has 2 aromatic carbocycles. The second kappa shape index (κ2) is 5.10. The van der Waals surface area contributed by atoms with Crippen molar-refractivity contribution in [3.8, 4) is 16.9 Å². The van der Waals surface area contributed by atoms with Crippen LogP contribution in [0.5, 0.6) is 0 Å². The summed E-state index contributed by atoms with van der Waals surface area (Å²) in [5.41, 5.74) is 3.48. The smallest absolute Gasteiger partial charge is 0.136 e. The molecule has 0 atom stereocenters. The van der Waals surface area contributed by atoms with Gasteiger partial charge in [0.1, 0.15) is 11.0 Å². The van der Waals surface area contributed by atoms with E-state index in [9.17, 15) is 4.39 Å². The topological polar surface area (TPSA) is 17.8 Å². The zero-order valence-corrected chi connectivity index (χ0v) is 11.6. The monoisotopic (exact) mass is 286 g/mol. The largest absolute Gasteiger partial charge is 0.221 e. The molecule has 0 radical (unpaired) electrons. The molecule has 3 rings (SSSR count). The summed E-state index contributed by atoms with van der Waals surface area (Å²) >= 11 is 6.34. The van der Waals surface area contributed by atoms with Crippen LogP contribution >= 0.6 is 11.6 Å². The van der Waals surface area contributed by atoms with E-state index in [2.05, 4.69) is 5.10 Å². The van der Waals surface area contributed by atoms with Gasteiger partial charge in [0.2, 0.25) is 0 Å². The summed E-state index contributed by atoms with van der Waals surface area (Å²) in [4.78, 5) is 0. The van der Waals surface area contributed by atoms with Crippen molar-refractivity contribution < 1.29 is 4.39 Å². The van der Waals surface area contributed by atoms with Crippen molar-refractivity contribution in [1.82, 2.24) is 9.78 Å². The second-order valence-electron chi connectivity index (χ2n) is 4.52. The van der Waals surface area contributed by atoms with Gasteiger partial charge in [0.15, 0.2) is 0 Å². The van der Waals surface area contributed by atoms with Gasteiger partial charge in [-0.2, -0.15) is 5.10 Å². The van der Waals surface area contributed by atoms with Gasteiger partial charge in [-0.15, -0.1) is 0 Å². The van der Waals surface area contributed by atoms with E-state index < -0.39 is 0 Å². The fourth-order valence-corrected chi connectivity index (χ4v) is 2.32. The third-order valence-electron chi connectivity index (χ3n) is 3.17. The van der Waals surface area contributed by atoms with Crippen LogP contribution in [0.4, 0.5) is 4.39 Å². The highest BCUT2D eigenvalue weighted by molar-refractivity contribution is 6.31. The van der Waals surface area contributed by atoms with Crippen LogP contribution in [0.2, 0.25) is 5.15 Å². The molecule has 0 saturated heterocycles. The number of hydrogen-bond acceptors (Lipinski definition) is 1. The first-order valence-electron chi connectivity index (χ1n) is 6.23. The molecule has 0 spiro atoms. The van der Waals surface area contributed by atoms with E-state index in [4.69, 9.17) is 11.6 Å². The van der Waals surface area contributed by atoms with Crippen molar-refractivity contribution in [2.75, 3.05) is 0 Å². The van der Waals surface area contributed by atoms with Gasteiger partial charge in [-0.25, -0.2) is 9.07 Å². The van der Waals surface area contributed by atoms with Crippen molar-refractivity contribution in [2.45, 2.75) is 6.92 Å². The van der Waals surface area contributed by atoms with Crippen LogP contribution in [-0.2, 0) is 0 Å². The van der Waals surface area contributed by atoms with Crippen molar-refractivity contribution >= 4 is 11.6 Å². The molecule has 0 unspecified atom stereocenters. The molecule has 0 N–H and O–H groups in total. The lowest BCUT2D eigenvalue weighted by Crippen LogP contribution is -1.96. The molecule has 0 aliphatic heterocycles. The fourth-order valence-electron chi connectivity index (χ4n) is 2.10. The lowest BCUT2D eigenvalue weighted by atomic mass is 10.1. The predicted molar refractivity (Wildman–Crippen MR) is 78.7 cm³/mol. The summed E-state index contributed by atoms with van der Waals surface area (Å²) in [5.74, 6) is -0.281. The molecular weight excluding hydrogens is 275 g/mol. The molecule has 3 aromatic rings. The lowest BCUT2D eigenvalue weighted by Gasteiger charge is -2.02. The van der Waals surface area contributed by atoms with E-state index in [1.807, 2.05) is 37.3 Å². The third kappa shape index (κ3) is 2.21. The molecule has 0 fully saturated rings. The molecule has 0 aliphatic carbocycles. The number of benzene rings is 2. The Morgan fingerprint density at radius 1 is 1.00 bits per heavy atom. The fraction of sp³-hybridized carbons (Fsp3) is 0.0625. The summed E-state index contributed by atoms with van der Waals surface area (Å²) < 4.78 is 14.6. The average Bonchev–Trinajstić information content (AvgIpc) is 2.77. The zero-order valence-electron chi connectivity index (χ0n) is 10.8. The maximum Gasteiger partial charge on any atom is 0.136 e. The Bertz CT molecular complexity index is 733. The van der Waals surface area contributed by atoms with Gasteiger partial charge in [0.05, 0.1) is 11.4 Å². The molecular formula is C16H12ClFN2. The van der Waals surface area contributed by atoms with E-state index in [1.54, 1.807) is 16.8 Å². The Morgan fingerprint density at radius 3 is 2.30 bits per heavy atom. The molecule has 0 bridgehead atoms. The van der Waals surface area contributed by atoms with Crippen molar-refractivity contribution in [1.29, 1.82) is 0 Å². The SMILES string of the molecule is Cc1c(-c2ccccc2)nn(-c2ccc(F)cc2)c1Cl. The summed E-state index contributed by atoms with van der Waals surface area (Å²) in [5, 5.41) is 5.08. The molecule has 0 amide bonds. The standard InChI is InChI=1S/C16H12ClFN2/c1-11-15(12-5-3-2-4-6-12)19-20(16(11)17)14-9-7-13(18)8-10-14/h2-10H,1H3. The van der Waals surface area contributed by atoms with Crippen LogP contribution < -0.4 is 0 Å². The number of rotatable bonds is 2. The summed E-state index contributed by atoms with van der Waals surface area (Å²) in [6, 6.07) is 15.9. The van der Waals surface area contributed by atoms with Crippen LogP contribution in [0.15, 0.2) is 54.6 Å². The van der Waals surface area contributed by atoms with Crippen LogP contribution in [0.1, 0.15) is 5.56 Å². The Kier molecular flexibility index (Phi) is 3.28. The highest BCUT2D eigenvalue weighted by Gasteiger charge is 2.15. The lowest BCUT2D eigenvalue weighted by molar-refractivity contribution is 0.627. The first-order chi connectivity index (χ1) is 9.66. The van der Waals surface area contributed by atoms with Gasteiger partial charge in [-0.1, -0.05) is 41.9 Å². The predicted octanol–water partition coefficient (Wildman–Crippen LogP) is 4.64. The molecule has 1 heterocycles. The van der Waals surface area contributed by atoms with Crippen molar-refractivity contribution in [2.24, 2.45) is 0 Å².